The first kappa shape index (κ1) is 25.0. The normalized spacial score (nSPS) is 12.1. The average molecular weight is 502 g/mol. The molecule has 0 unspecified atom stereocenters. The van der Waals surface area contributed by atoms with Gasteiger partial charge in [-0.15, -0.1) is 0 Å². The van der Waals surface area contributed by atoms with Crippen LogP contribution >= 0.6 is 23.1 Å². The number of nitrogen functional groups attached to an aromatic ring is 1. The Morgan fingerprint density at radius 2 is 1.79 bits per heavy atom. The van der Waals surface area contributed by atoms with Gasteiger partial charge in [-0.2, -0.15) is 4.37 Å². The van der Waals surface area contributed by atoms with Crippen molar-refractivity contribution < 1.29 is 19.5 Å². The fraction of sp³-hybridized carbons (Fsp3) is 0.217. The van der Waals surface area contributed by atoms with E-state index in [1.807, 2.05) is 20.8 Å². The lowest BCUT2D eigenvalue weighted by Crippen LogP contribution is -2.49. The quantitative estimate of drug-likeness (QED) is 0.405. The van der Waals surface area contributed by atoms with E-state index in [0.29, 0.717) is 22.1 Å². The highest BCUT2D eigenvalue weighted by Crippen LogP contribution is 2.35. The zero-order valence-corrected chi connectivity index (χ0v) is 20.3. The summed E-state index contributed by atoms with van der Waals surface area (Å²) in [5.74, 6) is -2.17. The number of phenols is 1. The van der Waals surface area contributed by atoms with E-state index in [0.717, 1.165) is 0 Å². The van der Waals surface area contributed by atoms with Gasteiger partial charge in [0.1, 0.15) is 16.7 Å². The Labute approximate surface area is 205 Å². The standard InChI is InChI=1S/C23H24ClN5O4S/c1-23(2,3)27-21(32)18(12-7-9-13(24)10-8-12)29(14-5-4-6-15(30)11-14)22(33)19-16(25)17(20(26)31)28-34-19/h4-11,18,30H,25H2,1-3H3,(H2,26,31)(H,27,32)/t18-/m1/s1. The molecule has 2 aromatic carbocycles. The van der Waals surface area contributed by atoms with Crippen LogP contribution in [0.4, 0.5) is 11.4 Å². The first-order valence-corrected chi connectivity index (χ1v) is 11.3. The summed E-state index contributed by atoms with van der Waals surface area (Å²) in [6, 6.07) is 11.2. The zero-order chi connectivity index (χ0) is 25.2. The summed E-state index contributed by atoms with van der Waals surface area (Å²) in [5, 5.41) is 13.5. The second-order valence-electron chi connectivity index (χ2n) is 8.53. The fourth-order valence-corrected chi connectivity index (χ4v) is 4.13. The van der Waals surface area contributed by atoms with Crippen molar-refractivity contribution in [3.63, 3.8) is 0 Å². The maximum absolute atomic E-state index is 13.8. The number of nitrogens with one attached hydrogen (secondary N) is 1. The van der Waals surface area contributed by atoms with Crippen molar-refractivity contribution in [2.45, 2.75) is 32.4 Å². The molecule has 0 saturated heterocycles. The molecule has 0 spiro atoms. The van der Waals surface area contributed by atoms with Crippen LogP contribution in [-0.4, -0.2) is 32.7 Å². The number of rotatable bonds is 6. The Hall–Kier alpha value is -3.63. The summed E-state index contributed by atoms with van der Waals surface area (Å²) in [6.45, 7) is 5.43. The van der Waals surface area contributed by atoms with Crippen LogP contribution in [-0.2, 0) is 4.79 Å². The number of benzene rings is 2. The van der Waals surface area contributed by atoms with Crippen LogP contribution in [0.5, 0.6) is 5.75 Å². The minimum absolute atomic E-state index is 0.0698. The second kappa shape index (κ2) is 9.70. The summed E-state index contributed by atoms with van der Waals surface area (Å²) in [4.78, 5) is 40.2. The Bertz CT molecular complexity index is 1240. The number of hydrogen-bond donors (Lipinski definition) is 4. The molecular formula is C23H24ClN5O4S. The Morgan fingerprint density at radius 3 is 2.32 bits per heavy atom. The van der Waals surface area contributed by atoms with Gasteiger partial charge in [0, 0.05) is 22.3 Å². The van der Waals surface area contributed by atoms with Gasteiger partial charge in [0.15, 0.2) is 5.69 Å². The molecule has 3 amide bonds. The minimum atomic E-state index is -1.18. The van der Waals surface area contributed by atoms with Crippen LogP contribution in [0, 0.1) is 0 Å². The molecule has 6 N–H and O–H groups in total. The van der Waals surface area contributed by atoms with Crippen LogP contribution in [0.1, 0.15) is 52.5 Å². The number of anilines is 2. The highest BCUT2D eigenvalue weighted by atomic mass is 35.5. The van der Waals surface area contributed by atoms with E-state index in [2.05, 4.69) is 9.69 Å². The van der Waals surface area contributed by atoms with Gasteiger partial charge in [-0.3, -0.25) is 19.3 Å². The zero-order valence-electron chi connectivity index (χ0n) is 18.7. The van der Waals surface area contributed by atoms with Crippen LogP contribution in [0.3, 0.4) is 0 Å². The predicted octanol–water partition coefficient (Wildman–Crippen LogP) is 3.49. The van der Waals surface area contributed by atoms with E-state index in [-0.39, 0.29) is 27.7 Å². The van der Waals surface area contributed by atoms with Crippen LogP contribution in [0.15, 0.2) is 48.5 Å². The van der Waals surface area contributed by atoms with E-state index < -0.39 is 29.3 Å². The van der Waals surface area contributed by atoms with Crippen molar-refractivity contribution in [3.05, 3.63) is 69.7 Å². The van der Waals surface area contributed by atoms with E-state index in [1.165, 1.54) is 23.1 Å². The number of aromatic nitrogens is 1. The van der Waals surface area contributed by atoms with Crippen molar-refractivity contribution in [1.82, 2.24) is 9.69 Å². The number of hydrogen-bond acceptors (Lipinski definition) is 7. The average Bonchev–Trinajstić information content (AvgIpc) is 3.12. The van der Waals surface area contributed by atoms with Gasteiger partial charge in [0.2, 0.25) is 5.91 Å². The lowest BCUT2D eigenvalue weighted by molar-refractivity contribution is -0.123. The molecule has 0 aliphatic rings. The molecule has 0 radical (unpaired) electrons. The first-order chi connectivity index (χ1) is 15.9. The number of aromatic hydroxyl groups is 1. The maximum atomic E-state index is 13.8. The molecular weight excluding hydrogens is 478 g/mol. The van der Waals surface area contributed by atoms with E-state index >= 15 is 0 Å². The number of carbonyl (C=O) groups is 3. The van der Waals surface area contributed by atoms with Gasteiger partial charge >= 0.3 is 0 Å². The smallest absolute Gasteiger partial charge is 0.273 e. The molecule has 0 aliphatic heterocycles. The van der Waals surface area contributed by atoms with E-state index in [4.69, 9.17) is 23.1 Å². The summed E-state index contributed by atoms with van der Waals surface area (Å²) in [5.41, 5.74) is 11.0. The Kier molecular flexibility index (Phi) is 7.13. The Morgan fingerprint density at radius 1 is 1.15 bits per heavy atom. The Balaban J connectivity index is 2.24. The number of primary amides is 1. The summed E-state index contributed by atoms with van der Waals surface area (Å²) in [6.07, 6.45) is 0. The lowest BCUT2D eigenvalue weighted by atomic mass is 10.0. The molecule has 0 fully saturated rings. The van der Waals surface area contributed by atoms with Crippen LogP contribution < -0.4 is 21.7 Å². The highest BCUT2D eigenvalue weighted by Gasteiger charge is 2.37. The number of nitrogens with zero attached hydrogens (tertiary/aromatic N) is 2. The molecule has 9 nitrogen and oxygen atoms in total. The first-order valence-electron chi connectivity index (χ1n) is 10.1. The molecule has 11 heteroatoms. The van der Waals surface area contributed by atoms with E-state index in [1.54, 1.807) is 30.3 Å². The van der Waals surface area contributed by atoms with Crippen LogP contribution in [0.2, 0.25) is 5.02 Å². The number of nitrogens with two attached hydrogens (primary N) is 2. The van der Waals surface area contributed by atoms with Gasteiger partial charge in [-0.25, -0.2) is 0 Å². The topological polar surface area (TPSA) is 152 Å². The summed E-state index contributed by atoms with van der Waals surface area (Å²) in [7, 11) is 0. The molecule has 0 saturated carbocycles. The third-order valence-electron chi connectivity index (χ3n) is 4.67. The molecule has 1 aromatic heterocycles. The third-order valence-corrected chi connectivity index (χ3v) is 5.78. The number of amides is 3. The van der Waals surface area contributed by atoms with Crippen molar-refractivity contribution in [1.29, 1.82) is 0 Å². The molecule has 0 bridgehead atoms. The largest absolute Gasteiger partial charge is 0.508 e. The molecule has 0 aliphatic carbocycles. The van der Waals surface area contributed by atoms with Crippen molar-refractivity contribution in [3.8, 4) is 5.75 Å². The van der Waals surface area contributed by atoms with Gasteiger partial charge in [0.05, 0.1) is 5.69 Å². The molecule has 1 atom stereocenters. The van der Waals surface area contributed by atoms with Gasteiger partial charge < -0.3 is 21.9 Å². The van der Waals surface area contributed by atoms with Gasteiger partial charge in [-0.05, 0) is 62.1 Å². The number of phenolic OH excluding ortho intramolecular Hbond substituents is 1. The molecule has 178 valence electrons. The fourth-order valence-electron chi connectivity index (χ4n) is 3.27. The summed E-state index contributed by atoms with van der Waals surface area (Å²) >= 11 is 6.75. The third kappa shape index (κ3) is 5.46. The van der Waals surface area contributed by atoms with Gasteiger partial charge in [0.25, 0.3) is 11.8 Å². The molecule has 3 rings (SSSR count). The van der Waals surface area contributed by atoms with E-state index in [9.17, 15) is 19.5 Å². The van der Waals surface area contributed by atoms with Crippen molar-refractivity contribution >= 4 is 52.2 Å². The van der Waals surface area contributed by atoms with Gasteiger partial charge in [-0.1, -0.05) is 29.8 Å². The lowest BCUT2D eigenvalue weighted by Gasteiger charge is -2.33. The predicted molar refractivity (Wildman–Crippen MR) is 132 cm³/mol. The minimum Gasteiger partial charge on any atom is -0.508 e. The monoisotopic (exact) mass is 501 g/mol. The second-order valence-corrected chi connectivity index (χ2v) is 9.74. The van der Waals surface area contributed by atoms with Crippen molar-refractivity contribution in [2.24, 2.45) is 5.73 Å². The summed E-state index contributed by atoms with van der Waals surface area (Å²) < 4.78 is 3.91. The SMILES string of the molecule is CC(C)(C)NC(=O)[C@@H](c1ccc(Cl)cc1)N(C(=O)c1snc(C(N)=O)c1N)c1cccc(O)c1. The molecule has 34 heavy (non-hydrogen) atoms. The number of halogens is 1. The maximum Gasteiger partial charge on any atom is 0.273 e. The highest BCUT2D eigenvalue weighted by molar-refractivity contribution is 7.09. The molecule has 1 heterocycles. The number of carbonyl (C=O) groups excluding carboxylic acids is 3. The van der Waals surface area contributed by atoms with Crippen LogP contribution in [0.25, 0.3) is 0 Å². The molecule has 3 aromatic rings. The van der Waals surface area contributed by atoms with Crippen molar-refractivity contribution in [2.75, 3.05) is 10.6 Å².